The predicted octanol–water partition coefficient (Wildman–Crippen LogP) is 5.38. The maximum atomic E-state index is 4.60. The first kappa shape index (κ1) is 12.8. The average molecular weight is 284 g/mol. The summed E-state index contributed by atoms with van der Waals surface area (Å²) in [5, 5.41) is 2.46. The Morgan fingerprint density at radius 1 is 0.818 bits per heavy atom. The molecule has 0 saturated heterocycles. The number of benzene rings is 3. The van der Waals surface area contributed by atoms with Gasteiger partial charge in [0.25, 0.3) is 0 Å². The molecular formula is C20H16N2. The van der Waals surface area contributed by atoms with Crippen LogP contribution in [0, 0.1) is 6.92 Å². The number of hydrogen-bond acceptors (Lipinski definition) is 1. The van der Waals surface area contributed by atoms with E-state index in [4.69, 9.17) is 0 Å². The monoisotopic (exact) mass is 284 g/mol. The first-order valence-electron chi connectivity index (χ1n) is 7.41. The molecule has 3 aromatic carbocycles. The minimum Gasteiger partial charge on any atom is -0.355 e. The Kier molecular flexibility index (Phi) is 3.01. The number of fused-ring (bicyclic) bond motifs is 3. The number of aromatic amines is 1. The van der Waals surface area contributed by atoms with Gasteiger partial charge in [0.15, 0.2) is 0 Å². The Labute approximate surface area is 129 Å². The highest BCUT2D eigenvalue weighted by molar-refractivity contribution is 6.08. The Morgan fingerprint density at radius 2 is 1.59 bits per heavy atom. The number of aliphatic imine (C=N–C) groups is 1. The van der Waals surface area contributed by atoms with E-state index in [1.165, 1.54) is 16.3 Å². The molecule has 0 radical (unpaired) electrons. The van der Waals surface area contributed by atoms with Crippen LogP contribution >= 0.6 is 0 Å². The Bertz CT molecular complexity index is 976. The fourth-order valence-corrected chi connectivity index (χ4v) is 2.72. The lowest BCUT2D eigenvalue weighted by Crippen LogP contribution is -1.80. The lowest BCUT2D eigenvalue weighted by atomic mass is 10.1. The van der Waals surface area contributed by atoms with E-state index in [1.807, 2.05) is 18.3 Å². The summed E-state index contributed by atoms with van der Waals surface area (Å²) in [5.74, 6) is 0. The van der Waals surface area contributed by atoms with Crippen molar-refractivity contribution in [2.45, 2.75) is 6.92 Å². The van der Waals surface area contributed by atoms with Crippen molar-refractivity contribution in [3.8, 4) is 0 Å². The molecule has 0 spiro atoms. The van der Waals surface area contributed by atoms with Crippen molar-refractivity contribution in [3.05, 3.63) is 77.9 Å². The van der Waals surface area contributed by atoms with Crippen LogP contribution in [-0.4, -0.2) is 11.2 Å². The van der Waals surface area contributed by atoms with Gasteiger partial charge in [-0.1, -0.05) is 48.0 Å². The minimum absolute atomic E-state index is 0.970. The second-order valence-electron chi connectivity index (χ2n) is 5.57. The van der Waals surface area contributed by atoms with Crippen molar-refractivity contribution < 1.29 is 0 Å². The molecule has 4 aromatic rings. The van der Waals surface area contributed by atoms with Gasteiger partial charge in [-0.25, -0.2) is 0 Å². The standard InChI is InChI=1S/C20H16N2/c1-14-6-8-15(9-7-14)13-21-16-10-11-20-18(12-16)17-4-2-3-5-19(17)22-20/h2-13,22H,1H3/b21-13+. The molecular weight excluding hydrogens is 268 g/mol. The maximum absolute atomic E-state index is 4.60. The first-order chi connectivity index (χ1) is 10.8. The molecule has 1 heterocycles. The van der Waals surface area contributed by atoms with Crippen molar-refractivity contribution in [2.75, 3.05) is 0 Å². The normalized spacial score (nSPS) is 11.7. The number of rotatable bonds is 2. The molecule has 0 fully saturated rings. The molecule has 0 aliphatic heterocycles. The summed E-state index contributed by atoms with van der Waals surface area (Å²) < 4.78 is 0. The highest BCUT2D eigenvalue weighted by atomic mass is 14.7. The molecule has 0 unspecified atom stereocenters. The third kappa shape index (κ3) is 2.29. The average Bonchev–Trinajstić information content (AvgIpc) is 2.92. The lowest BCUT2D eigenvalue weighted by Gasteiger charge is -1.97. The minimum atomic E-state index is 0.970. The van der Waals surface area contributed by atoms with Crippen LogP contribution in [0.5, 0.6) is 0 Å². The highest BCUT2D eigenvalue weighted by Crippen LogP contribution is 2.28. The van der Waals surface area contributed by atoms with Gasteiger partial charge in [-0.05, 0) is 36.8 Å². The smallest absolute Gasteiger partial charge is 0.0637 e. The molecule has 0 saturated carbocycles. The molecule has 1 aromatic heterocycles. The van der Waals surface area contributed by atoms with E-state index in [-0.39, 0.29) is 0 Å². The zero-order valence-electron chi connectivity index (χ0n) is 12.4. The van der Waals surface area contributed by atoms with Crippen molar-refractivity contribution in [2.24, 2.45) is 4.99 Å². The van der Waals surface area contributed by atoms with Crippen LogP contribution in [0.2, 0.25) is 0 Å². The molecule has 2 nitrogen and oxygen atoms in total. The maximum Gasteiger partial charge on any atom is 0.0637 e. The molecule has 4 rings (SSSR count). The van der Waals surface area contributed by atoms with Gasteiger partial charge in [0.1, 0.15) is 0 Å². The van der Waals surface area contributed by atoms with E-state index in [1.54, 1.807) is 0 Å². The quantitative estimate of drug-likeness (QED) is 0.479. The highest BCUT2D eigenvalue weighted by Gasteiger charge is 2.03. The van der Waals surface area contributed by atoms with Gasteiger partial charge >= 0.3 is 0 Å². The van der Waals surface area contributed by atoms with Crippen LogP contribution in [-0.2, 0) is 0 Å². The Hall–Kier alpha value is -2.87. The van der Waals surface area contributed by atoms with Crippen LogP contribution in [0.3, 0.4) is 0 Å². The zero-order valence-corrected chi connectivity index (χ0v) is 12.4. The Balaban J connectivity index is 1.75. The molecule has 1 N–H and O–H groups in total. The summed E-state index contributed by atoms with van der Waals surface area (Å²) in [6, 6.07) is 23.0. The summed E-state index contributed by atoms with van der Waals surface area (Å²) in [6.07, 6.45) is 1.91. The Morgan fingerprint density at radius 3 is 2.45 bits per heavy atom. The first-order valence-corrected chi connectivity index (χ1v) is 7.41. The molecule has 2 heteroatoms. The third-order valence-electron chi connectivity index (χ3n) is 3.93. The van der Waals surface area contributed by atoms with Crippen LogP contribution in [0.25, 0.3) is 21.8 Å². The molecule has 22 heavy (non-hydrogen) atoms. The van der Waals surface area contributed by atoms with Crippen LogP contribution in [0.4, 0.5) is 5.69 Å². The fraction of sp³-hybridized carbons (Fsp3) is 0.0500. The van der Waals surface area contributed by atoms with Crippen molar-refractivity contribution >= 4 is 33.7 Å². The molecule has 0 atom stereocenters. The topological polar surface area (TPSA) is 28.1 Å². The summed E-state index contributed by atoms with van der Waals surface area (Å²) in [4.78, 5) is 8.04. The molecule has 0 aliphatic carbocycles. The number of hydrogen-bond donors (Lipinski definition) is 1. The number of para-hydroxylation sites is 1. The van der Waals surface area contributed by atoms with E-state index in [2.05, 4.69) is 71.5 Å². The third-order valence-corrected chi connectivity index (χ3v) is 3.93. The van der Waals surface area contributed by atoms with Gasteiger partial charge in [0.05, 0.1) is 5.69 Å². The van der Waals surface area contributed by atoms with E-state index in [0.717, 1.165) is 22.3 Å². The van der Waals surface area contributed by atoms with E-state index in [9.17, 15) is 0 Å². The van der Waals surface area contributed by atoms with Crippen molar-refractivity contribution in [1.82, 2.24) is 4.98 Å². The van der Waals surface area contributed by atoms with E-state index < -0.39 is 0 Å². The predicted molar refractivity (Wildman–Crippen MR) is 94.2 cm³/mol. The fourth-order valence-electron chi connectivity index (χ4n) is 2.72. The van der Waals surface area contributed by atoms with Crippen LogP contribution in [0.1, 0.15) is 11.1 Å². The SMILES string of the molecule is Cc1ccc(/C=N/c2ccc3[nH]c4ccccc4c3c2)cc1. The van der Waals surface area contributed by atoms with Crippen molar-refractivity contribution in [3.63, 3.8) is 0 Å². The van der Waals surface area contributed by atoms with Gasteiger partial charge in [-0.2, -0.15) is 0 Å². The van der Waals surface area contributed by atoms with Gasteiger partial charge < -0.3 is 4.98 Å². The lowest BCUT2D eigenvalue weighted by molar-refractivity contribution is 1.46. The van der Waals surface area contributed by atoms with E-state index in [0.29, 0.717) is 0 Å². The number of aromatic nitrogens is 1. The molecule has 0 amide bonds. The summed E-state index contributed by atoms with van der Waals surface area (Å²) >= 11 is 0. The van der Waals surface area contributed by atoms with E-state index >= 15 is 0 Å². The summed E-state index contributed by atoms with van der Waals surface area (Å²) in [6.45, 7) is 2.09. The van der Waals surface area contributed by atoms with Gasteiger partial charge in [0, 0.05) is 28.0 Å². The number of nitrogens with one attached hydrogen (secondary N) is 1. The summed E-state index contributed by atoms with van der Waals surface area (Å²) in [5.41, 5.74) is 5.66. The van der Waals surface area contributed by atoms with Crippen molar-refractivity contribution in [1.29, 1.82) is 0 Å². The van der Waals surface area contributed by atoms with Gasteiger partial charge in [0.2, 0.25) is 0 Å². The molecule has 106 valence electrons. The second-order valence-corrected chi connectivity index (χ2v) is 5.57. The largest absolute Gasteiger partial charge is 0.355 e. The van der Waals surface area contributed by atoms with Gasteiger partial charge in [-0.3, -0.25) is 4.99 Å². The van der Waals surface area contributed by atoms with Crippen LogP contribution in [0.15, 0.2) is 71.7 Å². The zero-order chi connectivity index (χ0) is 14.9. The molecule has 0 aliphatic rings. The number of H-pyrrole nitrogens is 1. The number of aryl methyl sites for hydroxylation is 1. The second kappa shape index (κ2) is 5.15. The number of nitrogens with zero attached hydrogens (tertiary/aromatic N) is 1. The molecule has 0 bridgehead atoms. The van der Waals surface area contributed by atoms with Crippen LogP contribution < -0.4 is 0 Å². The van der Waals surface area contributed by atoms with Gasteiger partial charge in [-0.15, -0.1) is 0 Å². The summed E-state index contributed by atoms with van der Waals surface area (Å²) in [7, 11) is 0.